The molecule has 58 heavy (non-hydrogen) atoms. The van der Waals surface area contributed by atoms with Gasteiger partial charge in [0.2, 0.25) is 5.91 Å². The van der Waals surface area contributed by atoms with Crippen molar-refractivity contribution in [2.45, 2.75) is 57.7 Å². The second-order valence-corrected chi connectivity index (χ2v) is 17.8. The molecule has 0 saturated carbocycles. The molecule has 0 radical (unpaired) electrons. The molecular formula is C41H40N12O3S2. The van der Waals surface area contributed by atoms with Crippen LogP contribution in [0.1, 0.15) is 56.0 Å². The number of rotatable bonds is 7. The van der Waals surface area contributed by atoms with E-state index in [0.717, 1.165) is 110 Å². The summed E-state index contributed by atoms with van der Waals surface area (Å²) in [4.78, 5) is 68.3. The lowest BCUT2D eigenvalue weighted by molar-refractivity contribution is -0.143. The molecule has 1 amide bonds. The van der Waals surface area contributed by atoms with Gasteiger partial charge in [0.1, 0.15) is 45.6 Å². The van der Waals surface area contributed by atoms with Crippen LogP contribution >= 0.6 is 22.7 Å². The first-order valence-electron chi connectivity index (χ1n) is 19.5. The summed E-state index contributed by atoms with van der Waals surface area (Å²) in [5, 5.41) is 18.1. The zero-order valence-electron chi connectivity index (χ0n) is 32.0. The third-order valence-electron chi connectivity index (χ3n) is 11.8. The predicted octanol–water partition coefficient (Wildman–Crippen LogP) is 5.59. The van der Waals surface area contributed by atoms with Crippen molar-refractivity contribution < 1.29 is 14.7 Å². The molecular weight excluding hydrogens is 773 g/mol. The summed E-state index contributed by atoms with van der Waals surface area (Å²) in [5.41, 5.74) is 6.90. The number of thiophene rings is 2. The van der Waals surface area contributed by atoms with Gasteiger partial charge in [0.25, 0.3) is 0 Å². The third-order valence-corrected chi connectivity index (χ3v) is 14.1. The number of aryl methyl sites for hydroxylation is 2. The molecule has 0 unspecified atom stereocenters. The molecule has 0 bridgehead atoms. The molecule has 1 fully saturated rings. The molecule has 0 aromatic carbocycles. The molecule has 294 valence electrons. The molecule has 5 aliphatic rings. The number of amides is 1. The Kier molecular flexibility index (Phi) is 9.37. The molecule has 15 nitrogen and oxygen atoms in total. The highest BCUT2D eigenvalue weighted by molar-refractivity contribution is 7.19. The van der Waals surface area contributed by atoms with Crippen molar-refractivity contribution in [3.8, 4) is 0 Å². The number of carboxylic acids is 1. The monoisotopic (exact) mass is 812 g/mol. The van der Waals surface area contributed by atoms with Gasteiger partial charge in [-0.1, -0.05) is 0 Å². The number of nitrogens with zero attached hydrogens (tertiary/aromatic N) is 10. The molecule has 17 heteroatoms. The summed E-state index contributed by atoms with van der Waals surface area (Å²) < 4.78 is 0. The number of anilines is 4. The van der Waals surface area contributed by atoms with E-state index in [9.17, 15) is 14.7 Å². The average Bonchev–Trinajstić information content (AvgIpc) is 4.01. The van der Waals surface area contributed by atoms with Crippen molar-refractivity contribution in [2.24, 2.45) is 21.8 Å². The Bertz CT molecular complexity index is 2680. The van der Waals surface area contributed by atoms with E-state index in [1.807, 2.05) is 41.9 Å². The molecule has 9 heterocycles. The van der Waals surface area contributed by atoms with Crippen LogP contribution in [0.2, 0.25) is 0 Å². The van der Waals surface area contributed by atoms with Gasteiger partial charge >= 0.3 is 5.97 Å². The Morgan fingerprint density at radius 3 is 1.78 bits per heavy atom. The van der Waals surface area contributed by atoms with Gasteiger partial charge < -0.3 is 25.5 Å². The van der Waals surface area contributed by atoms with Crippen LogP contribution in [0, 0.1) is 11.8 Å². The van der Waals surface area contributed by atoms with Crippen LogP contribution < -0.4 is 10.6 Å². The number of likely N-dealkylation sites (N-methyl/N-ethyl adjacent to an activating group) is 1. The highest BCUT2D eigenvalue weighted by Gasteiger charge is 2.38. The van der Waals surface area contributed by atoms with E-state index >= 15 is 0 Å². The Hall–Kier alpha value is -5.78. The van der Waals surface area contributed by atoms with Crippen LogP contribution in [-0.4, -0.2) is 102 Å². The number of hydrogen-bond donors (Lipinski definition) is 3. The zero-order chi connectivity index (χ0) is 39.5. The lowest BCUT2D eigenvalue weighted by Crippen LogP contribution is -2.60. The fourth-order valence-corrected chi connectivity index (χ4v) is 11.0. The maximum absolute atomic E-state index is 13.0. The van der Waals surface area contributed by atoms with E-state index < -0.39 is 5.97 Å². The van der Waals surface area contributed by atoms with E-state index in [4.69, 9.17) is 0 Å². The van der Waals surface area contributed by atoms with E-state index in [1.54, 1.807) is 29.0 Å². The van der Waals surface area contributed by atoms with Crippen LogP contribution in [0.15, 0.2) is 47.2 Å². The van der Waals surface area contributed by atoms with Gasteiger partial charge in [-0.3, -0.25) is 19.6 Å². The fourth-order valence-electron chi connectivity index (χ4n) is 8.42. The molecule has 1 saturated heterocycles. The van der Waals surface area contributed by atoms with Crippen molar-refractivity contribution in [2.75, 3.05) is 37.8 Å². The lowest BCUT2D eigenvalue weighted by Gasteiger charge is -2.44. The first kappa shape index (κ1) is 36.6. The standard InChI is InChI=1S/C23H25N7OS.C18H15N5O2S/c1-29(2)16-10-30(11-16)23(31)13-3-4-17-18(5-13)32-22-20(17)21(26-12-27-22)28-19-6-14-7-24-8-15(14)9-25-19;24-18(25)9-1-2-12-13(3-9)26-17-15(12)16(21-8-22-17)23-14-4-10-5-19-6-11(10)7-20-14/h6-7,9,12-13,16H,3-5,8,10-11H2,1-2H3,(H,25,26,27,28);4-5,7-9H,1-3,6H2,(H,24,25)(H,20,21,22,23)/t13-;9-/m00/s1. The number of aliphatic imine (C=N–C) groups is 2. The van der Waals surface area contributed by atoms with E-state index in [1.165, 1.54) is 22.3 Å². The fraction of sp³-hybridized carbons (Fsp3) is 0.366. The number of hydrogen-bond acceptors (Lipinski definition) is 15. The van der Waals surface area contributed by atoms with Crippen LogP contribution in [0.25, 0.3) is 20.4 Å². The van der Waals surface area contributed by atoms with Gasteiger partial charge in [-0.25, -0.2) is 29.9 Å². The summed E-state index contributed by atoms with van der Waals surface area (Å²) in [5.74, 6) is 2.34. The number of aromatic nitrogens is 6. The summed E-state index contributed by atoms with van der Waals surface area (Å²) >= 11 is 3.27. The number of carbonyl (C=O) groups excluding carboxylic acids is 1. The number of fused-ring (bicyclic) bond motifs is 8. The minimum atomic E-state index is -0.721. The van der Waals surface area contributed by atoms with Crippen molar-refractivity contribution >= 4 is 90.7 Å². The molecule has 3 aliphatic heterocycles. The SMILES string of the molecule is CN(C)C1CN(C(=O)[C@H]2CCc3c(sc4ncnc(Nc5cc6c(cn5)CN=C6)c34)C2)C1.O=C(O)[C@H]1CCc2c(sc3ncnc(Nc4cc5c(cn4)CN=C5)c23)C1. The number of likely N-dealkylation sites (tertiary alicyclic amines) is 1. The van der Waals surface area contributed by atoms with Crippen LogP contribution in [0.5, 0.6) is 0 Å². The van der Waals surface area contributed by atoms with Gasteiger partial charge in [-0.2, -0.15) is 0 Å². The van der Waals surface area contributed by atoms with Crippen molar-refractivity contribution in [1.29, 1.82) is 0 Å². The summed E-state index contributed by atoms with van der Waals surface area (Å²) in [7, 11) is 4.16. The number of nitrogens with one attached hydrogen (secondary N) is 2. The minimum Gasteiger partial charge on any atom is -0.481 e. The summed E-state index contributed by atoms with van der Waals surface area (Å²) in [6, 6.07) is 4.48. The lowest BCUT2D eigenvalue weighted by atomic mass is 9.86. The molecule has 3 N–H and O–H groups in total. The normalized spacial score (nSPS) is 19.0. The Balaban J connectivity index is 0.000000144. The van der Waals surface area contributed by atoms with E-state index in [2.05, 4.69) is 69.5 Å². The van der Waals surface area contributed by atoms with Gasteiger partial charge in [-0.05, 0) is 75.9 Å². The number of aliphatic carboxylic acids is 1. The van der Waals surface area contributed by atoms with Crippen molar-refractivity contribution in [3.05, 3.63) is 80.3 Å². The zero-order valence-corrected chi connectivity index (χ0v) is 33.6. The van der Waals surface area contributed by atoms with Crippen molar-refractivity contribution in [3.63, 3.8) is 0 Å². The van der Waals surface area contributed by atoms with E-state index in [0.29, 0.717) is 37.9 Å². The molecule has 0 spiro atoms. The quantitative estimate of drug-likeness (QED) is 0.182. The van der Waals surface area contributed by atoms with Gasteiger partial charge in [0.15, 0.2) is 0 Å². The first-order chi connectivity index (χ1) is 28.3. The van der Waals surface area contributed by atoms with Crippen LogP contribution in [0.4, 0.5) is 23.3 Å². The van der Waals surface area contributed by atoms with Crippen molar-refractivity contribution in [1.82, 2.24) is 39.7 Å². The van der Waals surface area contributed by atoms with Crippen LogP contribution in [0.3, 0.4) is 0 Å². The summed E-state index contributed by atoms with van der Waals surface area (Å²) in [6.07, 6.45) is 15.1. The predicted molar refractivity (Wildman–Crippen MR) is 225 cm³/mol. The molecule has 2 atom stereocenters. The van der Waals surface area contributed by atoms with Crippen LogP contribution in [-0.2, 0) is 48.4 Å². The smallest absolute Gasteiger partial charge is 0.306 e. The molecule has 6 aromatic heterocycles. The first-order valence-corrected chi connectivity index (χ1v) is 21.1. The Labute approximate surface area is 341 Å². The topological polar surface area (TPSA) is 187 Å². The number of carbonyl (C=O) groups is 2. The molecule has 2 aliphatic carbocycles. The second kappa shape index (κ2) is 14.9. The van der Waals surface area contributed by atoms with Gasteiger partial charge in [-0.15, -0.1) is 22.7 Å². The number of pyridine rings is 2. The highest BCUT2D eigenvalue weighted by Crippen LogP contribution is 2.42. The maximum Gasteiger partial charge on any atom is 0.306 e. The minimum absolute atomic E-state index is 0.0701. The highest BCUT2D eigenvalue weighted by atomic mass is 32.1. The third kappa shape index (κ3) is 6.75. The molecule has 11 rings (SSSR count). The number of carboxylic acid groups (broad SMARTS) is 1. The van der Waals surface area contributed by atoms with E-state index in [-0.39, 0.29) is 11.8 Å². The Morgan fingerprint density at radius 1 is 0.741 bits per heavy atom. The van der Waals surface area contributed by atoms with Gasteiger partial charge in [0, 0.05) is 81.9 Å². The average molecular weight is 813 g/mol. The Morgan fingerprint density at radius 2 is 1.26 bits per heavy atom. The molecule has 6 aromatic rings. The second-order valence-electron chi connectivity index (χ2n) is 15.6. The summed E-state index contributed by atoms with van der Waals surface area (Å²) in [6.45, 7) is 3.08. The maximum atomic E-state index is 13.0. The largest absolute Gasteiger partial charge is 0.481 e. The van der Waals surface area contributed by atoms with Gasteiger partial charge in [0.05, 0.1) is 29.8 Å².